The lowest BCUT2D eigenvalue weighted by atomic mass is 10.1. The Hall–Kier alpha value is -2.50. The molecule has 0 saturated carbocycles. The zero-order valence-corrected chi connectivity index (χ0v) is 19.9. The van der Waals surface area contributed by atoms with Crippen molar-refractivity contribution in [1.29, 1.82) is 0 Å². The predicted molar refractivity (Wildman–Crippen MR) is 119 cm³/mol. The van der Waals surface area contributed by atoms with Crippen molar-refractivity contribution in [2.75, 3.05) is 60.0 Å². The molecule has 0 N–H and O–H groups in total. The van der Waals surface area contributed by atoms with Crippen LogP contribution in [0.5, 0.6) is 0 Å². The van der Waals surface area contributed by atoms with Crippen LogP contribution >= 0.6 is 0 Å². The number of carbonyl (C=O) groups excluding carboxylic acids is 3. The summed E-state index contributed by atoms with van der Waals surface area (Å²) >= 11 is 0. The van der Waals surface area contributed by atoms with Crippen LogP contribution in [-0.4, -0.2) is 100 Å². The van der Waals surface area contributed by atoms with E-state index in [1.165, 1.54) is 23.5 Å². The summed E-state index contributed by atoms with van der Waals surface area (Å²) in [6.45, 7) is 2.93. The highest BCUT2D eigenvalue weighted by Crippen LogP contribution is 2.24. The average Bonchev–Trinajstić information content (AvgIpc) is 3.13. The smallest absolute Gasteiger partial charge is 0.339 e. The second-order valence-corrected chi connectivity index (χ2v) is 10.1. The largest absolute Gasteiger partial charge is 0.465 e. The quantitative estimate of drug-likeness (QED) is 0.553. The summed E-state index contributed by atoms with van der Waals surface area (Å²) in [5.74, 6) is -1.45. The highest BCUT2D eigenvalue weighted by Gasteiger charge is 2.33. The molecule has 2 fully saturated rings. The van der Waals surface area contributed by atoms with E-state index >= 15 is 0 Å². The van der Waals surface area contributed by atoms with E-state index in [-0.39, 0.29) is 41.6 Å². The summed E-state index contributed by atoms with van der Waals surface area (Å²) in [6, 6.07) is 3.72. The van der Waals surface area contributed by atoms with Crippen molar-refractivity contribution in [2.45, 2.75) is 30.6 Å². The van der Waals surface area contributed by atoms with E-state index < -0.39 is 22.0 Å². The Morgan fingerprint density at radius 3 is 2.03 bits per heavy atom. The van der Waals surface area contributed by atoms with Gasteiger partial charge < -0.3 is 14.4 Å². The monoisotopic (exact) mass is 481 g/mol. The molecule has 0 aliphatic carbocycles. The lowest BCUT2D eigenvalue weighted by Gasteiger charge is -2.34. The minimum atomic E-state index is -4.09. The van der Waals surface area contributed by atoms with Crippen LogP contribution in [0.2, 0.25) is 0 Å². The number of methoxy groups -OCH3 is 2. The maximum Gasteiger partial charge on any atom is 0.339 e. The number of amides is 1. The molecule has 182 valence electrons. The van der Waals surface area contributed by atoms with Crippen LogP contribution in [0.25, 0.3) is 0 Å². The first-order valence-corrected chi connectivity index (χ1v) is 12.5. The molecule has 1 aromatic carbocycles. The number of benzene rings is 1. The van der Waals surface area contributed by atoms with Crippen molar-refractivity contribution in [2.24, 2.45) is 0 Å². The van der Waals surface area contributed by atoms with E-state index in [0.29, 0.717) is 13.1 Å². The highest BCUT2D eigenvalue weighted by atomic mass is 32.2. The number of sulfonamides is 1. The summed E-state index contributed by atoms with van der Waals surface area (Å²) in [5.41, 5.74) is -0.130. The van der Waals surface area contributed by atoms with E-state index in [9.17, 15) is 22.8 Å². The average molecular weight is 482 g/mol. The molecule has 3 rings (SSSR count). The zero-order valence-electron chi connectivity index (χ0n) is 19.1. The van der Waals surface area contributed by atoms with Gasteiger partial charge in [-0.3, -0.25) is 9.69 Å². The Kier molecular flexibility index (Phi) is 8.44. The van der Waals surface area contributed by atoms with Gasteiger partial charge in [0.2, 0.25) is 15.9 Å². The first kappa shape index (κ1) is 25.1. The van der Waals surface area contributed by atoms with Gasteiger partial charge >= 0.3 is 11.9 Å². The van der Waals surface area contributed by atoms with Crippen molar-refractivity contribution >= 4 is 27.9 Å². The maximum atomic E-state index is 13.4. The number of ether oxygens (including phenoxy) is 2. The minimum Gasteiger partial charge on any atom is -0.465 e. The van der Waals surface area contributed by atoms with E-state index in [4.69, 9.17) is 4.74 Å². The Morgan fingerprint density at radius 1 is 0.848 bits per heavy atom. The Bertz CT molecular complexity index is 980. The molecule has 0 radical (unpaired) electrons. The van der Waals surface area contributed by atoms with E-state index in [2.05, 4.69) is 4.74 Å². The van der Waals surface area contributed by atoms with Crippen LogP contribution in [0, 0.1) is 0 Å². The van der Waals surface area contributed by atoms with Crippen molar-refractivity contribution in [3.8, 4) is 0 Å². The number of piperazine rings is 1. The molecule has 0 unspecified atom stereocenters. The molecule has 0 atom stereocenters. The third-order valence-electron chi connectivity index (χ3n) is 6.07. The number of hydrogen-bond acceptors (Lipinski definition) is 8. The minimum absolute atomic E-state index is 0.0189. The SMILES string of the molecule is COC(=O)c1ccc(C(=O)OC)c(S(=O)(=O)N2CCN(CC(=O)N3CCCCCC3)CC2)c1. The Balaban J connectivity index is 1.72. The van der Waals surface area contributed by atoms with Gasteiger partial charge in [-0.15, -0.1) is 0 Å². The van der Waals surface area contributed by atoms with Crippen LogP contribution in [0.4, 0.5) is 0 Å². The fraction of sp³-hybridized carbons (Fsp3) is 0.591. The Labute approximate surface area is 194 Å². The van der Waals surface area contributed by atoms with Crippen molar-refractivity contribution in [3.63, 3.8) is 0 Å². The predicted octanol–water partition coefficient (Wildman–Crippen LogP) is 0.969. The molecule has 33 heavy (non-hydrogen) atoms. The molecule has 0 aromatic heterocycles. The van der Waals surface area contributed by atoms with Crippen LogP contribution in [0.1, 0.15) is 46.4 Å². The number of likely N-dealkylation sites (tertiary alicyclic amines) is 1. The molecule has 2 saturated heterocycles. The van der Waals surface area contributed by atoms with Crippen LogP contribution < -0.4 is 0 Å². The summed E-state index contributed by atoms with van der Waals surface area (Å²) in [4.78, 5) is 40.3. The Morgan fingerprint density at radius 2 is 1.45 bits per heavy atom. The number of rotatable bonds is 6. The van der Waals surface area contributed by atoms with Gasteiger partial charge in [-0.2, -0.15) is 4.31 Å². The topological polar surface area (TPSA) is 114 Å². The lowest BCUT2D eigenvalue weighted by molar-refractivity contribution is -0.132. The van der Waals surface area contributed by atoms with Crippen molar-refractivity contribution in [1.82, 2.24) is 14.1 Å². The second kappa shape index (κ2) is 11.1. The number of hydrogen-bond donors (Lipinski definition) is 0. The number of carbonyl (C=O) groups is 3. The van der Waals surface area contributed by atoms with Gasteiger partial charge in [0, 0.05) is 39.3 Å². The van der Waals surface area contributed by atoms with Gasteiger partial charge in [-0.25, -0.2) is 18.0 Å². The van der Waals surface area contributed by atoms with Gasteiger partial charge in [-0.1, -0.05) is 12.8 Å². The maximum absolute atomic E-state index is 13.4. The van der Waals surface area contributed by atoms with E-state index in [0.717, 1.165) is 51.9 Å². The summed E-state index contributed by atoms with van der Waals surface area (Å²) in [6.07, 6.45) is 4.33. The van der Waals surface area contributed by atoms with Crippen molar-refractivity contribution in [3.05, 3.63) is 29.3 Å². The van der Waals surface area contributed by atoms with E-state index in [1.807, 2.05) is 9.80 Å². The van der Waals surface area contributed by atoms with E-state index in [1.54, 1.807) is 0 Å². The molecule has 0 bridgehead atoms. The van der Waals surface area contributed by atoms with Gasteiger partial charge in [0.05, 0.1) is 36.8 Å². The molecule has 0 spiro atoms. The van der Waals surface area contributed by atoms with Crippen LogP contribution in [0.3, 0.4) is 0 Å². The normalized spacial score (nSPS) is 18.4. The van der Waals surface area contributed by atoms with Crippen LogP contribution in [0.15, 0.2) is 23.1 Å². The molecular formula is C22H31N3O7S. The van der Waals surface area contributed by atoms with Gasteiger partial charge in [-0.05, 0) is 31.0 Å². The number of nitrogens with zero attached hydrogens (tertiary/aromatic N) is 3. The molecule has 2 heterocycles. The lowest BCUT2D eigenvalue weighted by Crippen LogP contribution is -2.51. The van der Waals surface area contributed by atoms with Gasteiger partial charge in [0.15, 0.2) is 0 Å². The molecule has 2 aliphatic heterocycles. The molecule has 2 aliphatic rings. The summed E-state index contributed by atoms with van der Waals surface area (Å²) in [5, 5.41) is 0. The third-order valence-corrected chi connectivity index (χ3v) is 8.01. The molecule has 11 heteroatoms. The molecular weight excluding hydrogens is 450 g/mol. The molecule has 10 nitrogen and oxygen atoms in total. The standard InChI is InChI=1S/C22H31N3O7S/c1-31-21(27)17-7-8-18(22(28)32-2)19(15-17)33(29,30)25-13-11-23(12-14-25)16-20(26)24-9-5-3-4-6-10-24/h7-8,15H,3-6,9-14,16H2,1-2H3. The van der Waals surface area contributed by atoms with Gasteiger partial charge in [0.1, 0.15) is 0 Å². The molecule has 1 aromatic rings. The van der Waals surface area contributed by atoms with Gasteiger partial charge in [0.25, 0.3) is 0 Å². The summed E-state index contributed by atoms with van der Waals surface area (Å²) < 4.78 is 37.4. The fourth-order valence-corrected chi connectivity index (χ4v) is 5.76. The second-order valence-electron chi connectivity index (χ2n) is 8.17. The van der Waals surface area contributed by atoms with Crippen LogP contribution in [-0.2, 0) is 24.3 Å². The molecule has 1 amide bonds. The fourth-order valence-electron chi connectivity index (χ4n) is 4.14. The summed E-state index contributed by atoms with van der Waals surface area (Å²) in [7, 11) is -1.74. The van der Waals surface area contributed by atoms with Crippen molar-refractivity contribution < 1.29 is 32.3 Å². The first-order chi connectivity index (χ1) is 15.8. The zero-order chi connectivity index (χ0) is 24.0. The third kappa shape index (κ3) is 5.90. The number of esters is 2. The first-order valence-electron chi connectivity index (χ1n) is 11.1. The highest BCUT2D eigenvalue weighted by molar-refractivity contribution is 7.89.